The van der Waals surface area contributed by atoms with E-state index in [1.165, 1.54) is 19.3 Å². The number of carbonyl (C=O) groups excluding carboxylic acids is 2. The fourth-order valence-electron chi connectivity index (χ4n) is 4.58. The van der Waals surface area contributed by atoms with Gasteiger partial charge in [-0.2, -0.15) is 5.10 Å². The molecule has 0 spiro atoms. The molecule has 6 heteroatoms. The molecule has 0 bridgehead atoms. The molecule has 2 fully saturated rings. The van der Waals surface area contributed by atoms with E-state index in [1.54, 1.807) is 10.9 Å². The topological polar surface area (TPSA) is 67.2 Å². The molecule has 1 aliphatic heterocycles. The van der Waals surface area contributed by atoms with Crippen LogP contribution in [0.1, 0.15) is 56.6 Å². The fourth-order valence-corrected chi connectivity index (χ4v) is 4.58. The third-order valence-corrected chi connectivity index (χ3v) is 6.27. The van der Waals surface area contributed by atoms with Crippen LogP contribution < -0.4 is 5.32 Å². The van der Waals surface area contributed by atoms with Gasteiger partial charge in [0.15, 0.2) is 6.04 Å². The van der Waals surface area contributed by atoms with Crippen LogP contribution in [0.25, 0.3) is 0 Å². The van der Waals surface area contributed by atoms with Crippen LogP contribution in [-0.4, -0.2) is 45.6 Å². The molecule has 2 aromatic rings. The van der Waals surface area contributed by atoms with Gasteiger partial charge in [0, 0.05) is 37.4 Å². The second-order valence-corrected chi connectivity index (χ2v) is 8.24. The highest BCUT2D eigenvalue weighted by molar-refractivity contribution is 5.84. The van der Waals surface area contributed by atoms with Crippen LogP contribution >= 0.6 is 0 Å². The number of likely N-dealkylation sites (tertiary alicyclic amines) is 1. The zero-order valence-corrected chi connectivity index (χ0v) is 16.9. The lowest BCUT2D eigenvalue weighted by atomic mass is 9.88. The van der Waals surface area contributed by atoms with Crippen molar-refractivity contribution in [3.8, 4) is 0 Å². The molecule has 1 N–H and O–H groups in total. The molecule has 29 heavy (non-hydrogen) atoms. The Labute approximate surface area is 172 Å². The molecule has 1 unspecified atom stereocenters. The summed E-state index contributed by atoms with van der Waals surface area (Å²) in [7, 11) is 0. The van der Waals surface area contributed by atoms with E-state index in [4.69, 9.17) is 0 Å². The second kappa shape index (κ2) is 9.25. The highest BCUT2D eigenvalue weighted by atomic mass is 16.2. The maximum Gasteiger partial charge on any atom is 0.252 e. The van der Waals surface area contributed by atoms with Gasteiger partial charge in [-0.05, 0) is 37.3 Å². The number of piperidine rings is 1. The lowest BCUT2D eigenvalue weighted by Crippen LogP contribution is -2.49. The molecule has 1 aromatic heterocycles. The summed E-state index contributed by atoms with van der Waals surface area (Å²) in [5.41, 5.74) is 0.939. The maximum absolute atomic E-state index is 13.4. The summed E-state index contributed by atoms with van der Waals surface area (Å²) in [5.74, 6) is 0.468. The molecule has 1 aliphatic carbocycles. The Kier molecular flexibility index (Phi) is 6.27. The average Bonchev–Trinajstić information content (AvgIpc) is 3.30. The number of benzene rings is 1. The van der Waals surface area contributed by atoms with Gasteiger partial charge in [0.1, 0.15) is 0 Å². The Hall–Kier alpha value is -2.63. The molecule has 0 radical (unpaired) electrons. The molecule has 1 saturated carbocycles. The summed E-state index contributed by atoms with van der Waals surface area (Å²) in [6, 6.07) is 11.4. The van der Waals surface area contributed by atoms with E-state index in [0.29, 0.717) is 13.1 Å². The predicted octanol–water partition coefficient (Wildman–Crippen LogP) is 3.16. The minimum absolute atomic E-state index is 0.0666. The molecule has 1 saturated heterocycles. The molecule has 1 aromatic carbocycles. The normalized spacial score (nSPS) is 19.7. The van der Waals surface area contributed by atoms with E-state index in [1.807, 2.05) is 47.5 Å². The summed E-state index contributed by atoms with van der Waals surface area (Å²) >= 11 is 0. The van der Waals surface area contributed by atoms with Crippen molar-refractivity contribution in [3.63, 3.8) is 0 Å². The third kappa shape index (κ3) is 4.69. The van der Waals surface area contributed by atoms with E-state index in [0.717, 1.165) is 31.2 Å². The minimum Gasteiger partial charge on any atom is -0.353 e. The van der Waals surface area contributed by atoms with Gasteiger partial charge in [0.25, 0.3) is 5.91 Å². The second-order valence-electron chi connectivity index (χ2n) is 8.24. The lowest BCUT2D eigenvalue weighted by molar-refractivity contribution is -0.135. The zero-order chi connectivity index (χ0) is 20.1. The smallest absolute Gasteiger partial charge is 0.252 e. The van der Waals surface area contributed by atoms with Gasteiger partial charge < -0.3 is 10.2 Å². The van der Waals surface area contributed by atoms with E-state index >= 15 is 0 Å². The van der Waals surface area contributed by atoms with Crippen molar-refractivity contribution in [2.24, 2.45) is 5.92 Å². The average molecular weight is 395 g/mol. The molecule has 6 nitrogen and oxygen atoms in total. The molecule has 1 atom stereocenters. The molecular formula is C23H30N4O2. The number of nitrogens with one attached hydrogen (secondary N) is 1. The molecule has 4 rings (SSSR count). The van der Waals surface area contributed by atoms with Crippen LogP contribution in [0.4, 0.5) is 0 Å². The van der Waals surface area contributed by atoms with Gasteiger partial charge in [0.2, 0.25) is 5.91 Å². The monoisotopic (exact) mass is 394 g/mol. The summed E-state index contributed by atoms with van der Waals surface area (Å²) in [5, 5.41) is 7.57. The first-order valence-corrected chi connectivity index (χ1v) is 10.9. The fraction of sp³-hybridized carbons (Fsp3) is 0.522. The van der Waals surface area contributed by atoms with Crippen molar-refractivity contribution in [1.82, 2.24) is 20.0 Å². The lowest BCUT2D eigenvalue weighted by Gasteiger charge is -2.35. The number of aromatic nitrogens is 2. The van der Waals surface area contributed by atoms with Crippen LogP contribution in [0.5, 0.6) is 0 Å². The highest BCUT2D eigenvalue weighted by Gasteiger charge is 2.32. The van der Waals surface area contributed by atoms with Gasteiger partial charge in [0.05, 0.1) is 0 Å². The molecule has 2 heterocycles. The first-order chi connectivity index (χ1) is 14.2. The Bertz CT molecular complexity index is 792. The number of amides is 2. The Morgan fingerprint density at radius 3 is 2.34 bits per heavy atom. The number of nitrogens with zero attached hydrogens (tertiary/aromatic N) is 3. The summed E-state index contributed by atoms with van der Waals surface area (Å²) in [6.45, 7) is 1.33. The SMILES string of the molecule is O=C(NC1CCN(C(=O)C(c2ccccc2)n2cccn2)CC1)C1CCCCC1. The number of hydrogen-bond donors (Lipinski definition) is 1. The van der Waals surface area contributed by atoms with Crippen LogP contribution in [0.15, 0.2) is 48.8 Å². The first-order valence-electron chi connectivity index (χ1n) is 10.9. The van der Waals surface area contributed by atoms with Crippen molar-refractivity contribution in [3.05, 3.63) is 54.4 Å². The minimum atomic E-state index is -0.445. The Morgan fingerprint density at radius 2 is 1.69 bits per heavy atom. The van der Waals surface area contributed by atoms with Gasteiger partial charge in [-0.25, -0.2) is 0 Å². The summed E-state index contributed by atoms with van der Waals surface area (Å²) in [6.07, 6.45) is 10.8. The standard InChI is InChI=1S/C23H30N4O2/c28-22(19-10-5-2-6-11-19)25-20-12-16-26(17-13-20)23(29)21(27-15-7-14-24-27)18-8-3-1-4-9-18/h1,3-4,7-9,14-15,19-21H,2,5-6,10-13,16-17H2,(H,25,28). The van der Waals surface area contributed by atoms with Crippen molar-refractivity contribution in [2.45, 2.75) is 57.0 Å². The van der Waals surface area contributed by atoms with Crippen LogP contribution in [0, 0.1) is 5.92 Å². The van der Waals surface area contributed by atoms with Crippen molar-refractivity contribution in [2.75, 3.05) is 13.1 Å². The maximum atomic E-state index is 13.4. The number of hydrogen-bond acceptors (Lipinski definition) is 3. The number of carbonyl (C=O) groups is 2. The van der Waals surface area contributed by atoms with Gasteiger partial charge >= 0.3 is 0 Å². The predicted molar refractivity (Wildman–Crippen MR) is 111 cm³/mol. The van der Waals surface area contributed by atoms with Crippen molar-refractivity contribution >= 4 is 11.8 Å². The molecule has 154 valence electrons. The van der Waals surface area contributed by atoms with Crippen molar-refractivity contribution < 1.29 is 9.59 Å². The van der Waals surface area contributed by atoms with E-state index in [2.05, 4.69) is 10.4 Å². The Balaban J connectivity index is 1.37. The molecular weight excluding hydrogens is 364 g/mol. The quantitative estimate of drug-likeness (QED) is 0.847. The highest BCUT2D eigenvalue weighted by Crippen LogP contribution is 2.25. The largest absolute Gasteiger partial charge is 0.353 e. The van der Waals surface area contributed by atoms with Gasteiger partial charge in [-0.1, -0.05) is 49.6 Å². The van der Waals surface area contributed by atoms with Crippen molar-refractivity contribution in [1.29, 1.82) is 0 Å². The van der Waals surface area contributed by atoms with Gasteiger partial charge in [-0.15, -0.1) is 0 Å². The van der Waals surface area contributed by atoms with Gasteiger partial charge in [-0.3, -0.25) is 14.3 Å². The number of rotatable bonds is 5. The van der Waals surface area contributed by atoms with E-state index in [-0.39, 0.29) is 23.8 Å². The van der Waals surface area contributed by atoms with Crippen LogP contribution in [0.3, 0.4) is 0 Å². The third-order valence-electron chi connectivity index (χ3n) is 6.27. The Morgan fingerprint density at radius 1 is 0.966 bits per heavy atom. The first kappa shape index (κ1) is 19.7. The van der Waals surface area contributed by atoms with Crippen LogP contribution in [0.2, 0.25) is 0 Å². The summed E-state index contributed by atoms with van der Waals surface area (Å²) in [4.78, 5) is 27.8. The molecule has 2 amide bonds. The van der Waals surface area contributed by atoms with E-state index in [9.17, 15) is 9.59 Å². The van der Waals surface area contributed by atoms with Crippen LogP contribution in [-0.2, 0) is 9.59 Å². The zero-order valence-electron chi connectivity index (χ0n) is 16.9. The van der Waals surface area contributed by atoms with E-state index < -0.39 is 6.04 Å². The molecule has 2 aliphatic rings. The summed E-state index contributed by atoms with van der Waals surface area (Å²) < 4.78 is 1.73.